The zero-order valence-corrected chi connectivity index (χ0v) is 14.4. The predicted molar refractivity (Wildman–Crippen MR) is 94.8 cm³/mol. The van der Waals surface area contributed by atoms with Crippen LogP contribution in [0.2, 0.25) is 0 Å². The maximum absolute atomic E-state index is 12.6. The van der Waals surface area contributed by atoms with Crippen molar-refractivity contribution in [3.8, 4) is 5.88 Å². The first-order valence-corrected chi connectivity index (χ1v) is 8.93. The molecule has 0 saturated heterocycles. The summed E-state index contributed by atoms with van der Waals surface area (Å²) in [7, 11) is -2.31. The van der Waals surface area contributed by atoms with Crippen LogP contribution in [0.15, 0.2) is 59.5 Å². The van der Waals surface area contributed by atoms with E-state index in [0.29, 0.717) is 16.8 Å². The van der Waals surface area contributed by atoms with Gasteiger partial charge in [0.15, 0.2) is 0 Å². The third kappa shape index (κ3) is 3.58. The largest absolute Gasteiger partial charge is 0.481 e. The number of hydrogen-bond donors (Lipinski definition) is 3. The molecule has 0 unspecified atom stereocenters. The van der Waals surface area contributed by atoms with Gasteiger partial charge in [-0.3, -0.25) is 14.7 Å². The molecule has 3 aromatic rings. The lowest BCUT2D eigenvalue weighted by molar-refractivity contribution is 0.0706. The molecule has 3 N–H and O–H groups in total. The van der Waals surface area contributed by atoms with Crippen LogP contribution in [0.3, 0.4) is 0 Å². The quantitative estimate of drug-likeness (QED) is 0.466. The average Bonchev–Trinajstić information content (AvgIpc) is 2.66. The fraction of sp³-hybridized carbons (Fsp3) is 0.0588. The lowest BCUT2D eigenvalue weighted by Gasteiger charge is -2.10. The van der Waals surface area contributed by atoms with E-state index in [0.717, 1.165) is 0 Å². The van der Waals surface area contributed by atoms with Gasteiger partial charge in [0.1, 0.15) is 0 Å². The summed E-state index contributed by atoms with van der Waals surface area (Å²) in [6.07, 6.45) is 0. The SMILES string of the molecule is COc1ccc2cc(S(=O)(=O)Nc3ccc(C(=O)NO)cc3)ccc2n1. The van der Waals surface area contributed by atoms with E-state index in [-0.39, 0.29) is 16.1 Å². The summed E-state index contributed by atoms with van der Waals surface area (Å²) < 4.78 is 32.6. The summed E-state index contributed by atoms with van der Waals surface area (Å²) in [5.41, 5.74) is 2.60. The number of benzene rings is 2. The number of carbonyl (C=O) groups excluding carboxylic acids is 1. The second-order valence-corrected chi connectivity index (χ2v) is 7.01. The van der Waals surface area contributed by atoms with Gasteiger partial charge in [-0.15, -0.1) is 0 Å². The molecule has 0 saturated carbocycles. The van der Waals surface area contributed by atoms with Gasteiger partial charge in [0.2, 0.25) is 5.88 Å². The normalized spacial score (nSPS) is 11.2. The average molecular weight is 373 g/mol. The van der Waals surface area contributed by atoms with Crippen molar-refractivity contribution in [3.05, 3.63) is 60.2 Å². The zero-order valence-electron chi connectivity index (χ0n) is 13.6. The Bertz CT molecular complexity index is 1070. The fourth-order valence-electron chi connectivity index (χ4n) is 2.33. The third-order valence-corrected chi connectivity index (χ3v) is 5.03. The number of sulfonamides is 1. The molecule has 0 spiro atoms. The third-order valence-electron chi connectivity index (χ3n) is 3.66. The van der Waals surface area contributed by atoms with Gasteiger partial charge in [0.25, 0.3) is 15.9 Å². The van der Waals surface area contributed by atoms with E-state index >= 15 is 0 Å². The van der Waals surface area contributed by atoms with E-state index in [1.54, 1.807) is 18.2 Å². The van der Waals surface area contributed by atoms with Crippen molar-refractivity contribution in [2.75, 3.05) is 11.8 Å². The van der Waals surface area contributed by atoms with Crippen molar-refractivity contribution in [1.82, 2.24) is 10.5 Å². The molecule has 1 aromatic heterocycles. The van der Waals surface area contributed by atoms with Crippen LogP contribution in [0, 0.1) is 0 Å². The number of rotatable bonds is 5. The molecule has 134 valence electrons. The van der Waals surface area contributed by atoms with E-state index in [1.165, 1.54) is 49.0 Å². The summed E-state index contributed by atoms with van der Waals surface area (Å²) in [6, 6.07) is 13.6. The lowest BCUT2D eigenvalue weighted by Crippen LogP contribution is -2.18. The number of hydrogen-bond acceptors (Lipinski definition) is 6. The highest BCUT2D eigenvalue weighted by Crippen LogP contribution is 2.22. The predicted octanol–water partition coefficient (Wildman–Crippen LogP) is 2.16. The molecule has 1 heterocycles. The Morgan fingerprint density at radius 2 is 1.81 bits per heavy atom. The number of hydroxylamine groups is 1. The molecule has 0 fully saturated rings. The molecular formula is C17H15N3O5S. The summed E-state index contributed by atoms with van der Waals surface area (Å²) in [4.78, 5) is 15.6. The molecular weight excluding hydrogens is 358 g/mol. The molecule has 0 aliphatic rings. The Kier molecular flexibility index (Phi) is 4.74. The number of ether oxygens (including phenoxy) is 1. The summed E-state index contributed by atoms with van der Waals surface area (Å²) in [6.45, 7) is 0. The van der Waals surface area contributed by atoms with E-state index in [4.69, 9.17) is 9.94 Å². The monoisotopic (exact) mass is 373 g/mol. The molecule has 3 rings (SSSR count). The van der Waals surface area contributed by atoms with Gasteiger partial charge in [-0.05, 0) is 48.5 Å². The van der Waals surface area contributed by atoms with Crippen LogP contribution < -0.4 is 14.9 Å². The van der Waals surface area contributed by atoms with Crippen LogP contribution in [0.25, 0.3) is 10.9 Å². The first-order chi connectivity index (χ1) is 12.4. The van der Waals surface area contributed by atoms with Crippen LogP contribution in [-0.2, 0) is 10.0 Å². The molecule has 0 atom stereocenters. The second-order valence-electron chi connectivity index (χ2n) is 5.33. The Hall–Kier alpha value is -3.17. The van der Waals surface area contributed by atoms with Crippen LogP contribution in [-0.4, -0.2) is 31.6 Å². The molecule has 0 bridgehead atoms. The number of fused-ring (bicyclic) bond motifs is 1. The van der Waals surface area contributed by atoms with E-state index in [9.17, 15) is 13.2 Å². The molecule has 26 heavy (non-hydrogen) atoms. The zero-order chi connectivity index (χ0) is 18.7. The maximum atomic E-state index is 12.6. The molecule has 9 heteroatoms. The standard InChI is InChI=1S/C17H15N3O5S/c1-25-16-9-4-12-10-14(7-8-15(12)18-16)26(23,24)20-13-5-2-11(3-6-13)17(21)19-22/h2-10,20,22H,1H3,(H,19,21). The molecule has 2 aromatic carbocycles. The number of amides is 1. The van der Waals surface area contributed by atoms with Gasteiger partial charge in [-0.2, -0.15) is 0 Å². The summed E-state index contributed by atoms with van der Waals surface area (Å²) in [5.74, 6) is -0.241. The minimum atomic E-state index is -3.82. The van der Waals surface area contributed by atoms with E-state index < -0.39 is 15.9 Å². The highest BCUT2D eigenvalue weighted by molar-refractivity contribution is 7.92. The second kappa shape index (κ2) is 6.98. The van der Waals surface area contributed by atoms with Crippen molar-refractivity contribution in [1.29, 1.82) is 0 Å². The van der Waals surface area contributed by atoms with Crippen molar-refractivity contribution in [3.63, 3.8) is 0 Å². The van der Waals surface area contributed by atoms with Gasteiger partial charge in [-0.25, -0.2) is 18.9 Å². The first-order valence-electron chi connectivity index (χ1n) is 7.45. The number of pyridine rings is 1. The summed E-state index contributed by atoms with van der Waals surface area (Å²) >= 11 is 0. The van der Waals surface area contributed by atoms with Gasteiger partial charge in [0, 0.05) is 22.7 Å². The number of nitrogens with zero attached hydrogens (tertiary/aromatic N) is 1. The Labute approximate surface area is 149 Å². The van der Waals surface area contributed by atoms with Gasteiger partial charge >= 0.3 is 0 Å². The van der Waals surface area contributed by atoms with Crippen molar-refractivity contribution < 1.29 is 23.2 Å². The Morgan fingerprint density at radius 1 is 1.08 bits per heavy atom. The smallest absolute Gasteiger partial charge is 0.274 e. The minimum Gasteiger partial charge on any atom is -0.481 e. The topological polar surface area (TPSA) is 118 Å². The number of anilines is 1. The first kappa shape index (κ1) is 17.6. The van der Waals surface area contributed by atoms with Crippen LogP contribution in [0.4, 0.5) is 5.69 Å². The lowest BCUT2D eigenvalue weighted by atomic mass is 10.2. The Balaban J connectivity index is 1.87. The highest BCUT2D eigenvalue weighted by Gasteiger charge is 2.15. The molecule has 8 nitrogen and oxygen atoms in total. The Morgan fingerprint density at radius 3 is 2.46 bits per heavy atom. The number of methoxy groups -OCH3 is 1. The van der Waals surface area contributed by atoms with Gasteiger partial charge < -0.3 is 4.74 Å². The number of carbonyl (C=O) groups is 1. The minimum absolute atomic E-state index is 0.0779. The number of aromatic nitrogens is 1. The van der Waals surface area contributed by atoms with Crippen LogP contribution in [0.1, 0.15) is 10.4 Å². The van der Waals surface area contributed by atoms with E-state index in [2.05, 4.69) is 9.71 Å². The molecule has 0 radical (unpaired) electrons. The van der Waals surface area contributed by atoms with Crippen molar-refractivity contribution in [2.45, 2.75) is 4.90 Å². The van der Waals surface area contributed by atoms with Gasteiger partial charge in [-0.1, -0.05) is 0 Å². The molecule has 0 aliphatic heterocycles. The van der Waals surface area contributed by atoms with E-state index in [1.807, 2.05) is 0 Å². The van der Waals surface area contributed by atoms with Gasteiger partial charge in [0.05, 0.1) is 17.5 Å². The van der Waals surface area contributed by atoms with Crippen LogP contribution in [0.5, 0.6) is 5.88 Å². The summed E-state index contributed by atoms with van der Waals surface area (Å²) in [5, 5.41) is 9.24. The molecule has 0 aliphatic carbocycles. The fourth-order valence-corrected chi connectivity index (χ4v) is 3.43. The maximum Gasteiger partial charge on any atom is 0.274 e. The molecule has 1 amide bonds. The van der Waals surface area contributed by atoms with Crippen molar-refractivity contribution in [2.24, 2.45) is 0 Å². The van der Waals surface area contributed by atoms with Crippen LogP contribution >= 0.6 is 0 Å². The number of nitrogens with one attached hydrogen (secondary N) is 2. The van der Waals surface area contributed by atoms with Crippen molar-refractivity contribution >= 4 is 32.5 Å². The highest BCUT2D eigenvalue weighted by atomic mass is 32.2.